The molecule has 0 aliphatic rings. The summed E-state index contributed by atoms with van der Waals surface area (Å²) in [7, 11) is 0. The lowest BCUT2D eigenvalue weighted by Gasteiger charge is -1.95. The molecule has 0 unspecified atom stereocenters. The van der Waals surface area contributed by atoms with Crippen LogP contribution in [0.1, 0.15) is 31.2 Å². The Morgan fingerprint density at radius 3 is 2.60 bits per heavy atom. The second kappa shape index (κ2) is 6.14. The number of benzene rings is 1. The summed E-state index contributed by atoms with van der Waals surface area (Å²) in [5.74, 6) is 0.612. The average Bonchev–Trinajstić information content (AvgIpc) is 2.74. The molecule has 1 aromatic carbocycles. The van der Waals surface area contributed by atoms with Gasteiger partial charge in [-0.1, -0.05) is 39.0 Å². The zero-order chi connectivity index (χ0) is 11.3. The van der Waals surface area contributed by atoms with Crippen molar-refractivity contribution in [2.24, 2.45) is 0 Å². The standard InChI is InChI=1S/C11H11ClS.C2H6/c1-2-10-6-8-4-3-5-9(7-12)11(8)13-10;1-2/h3-6H,2,7H2,1H3;1-2H3. The predicted molar refractivity (Wildman–Crippen MR) is 72.1 cm³/mol. The largest absolute Gasteiger partial charge is 0.140 e. The van der Waals surface area contributed by atoms with Crippen LogP contribution in [0.3, 0.4) is 0 Å². The van der Waals surface area contributed by atoms with Crippen LogP contribution in [0.25, 0.3) is 10.1 Å². The summed E-state index contributed by atoms with van der Waals surface area (Å²) in [6, 6.07) is 8.59. The molecule has 2 heteroatoms. The van der Waals surface area contributed by atoms with Crippen LogP contribution in [0.15, 0.2) is 24.3 Å². The van der Waals surface area contributed by atoms with E-state index in [0.29, 0.717) is 5.88 Å². The van der Waals surface area contributed by atoms with Crippen LogP contribution in [-0.4, -0.2) is 0 Å². The quantitative estimate of drug-likeness (QED) is 0.631. The Balaban J connectivity index is 0.000000531. The fraction of sp³-hybridized carbons (Fsp3) is 0.385. The van der Waals surface area contributed by atoms with Crippen molar-refractivity contribution in [3.05, 3.63) is 34.7 Å². The Hall–Kier alpha value is -0.530. The number of rotatable bonds is 2. The molecule has 0 nitrogen and oxygen atoms in total. The Bertz CT molecular complexity index is 417. The van der Waals surface area contributed by atoms with Crippen molar-refractivity contribution in [3.8, 4) is 0 Å². The smallest absolute Gasteiger partial charge is 0.0488 e. The lowest BCUT2D eigenvalue weighted by molar-refractivity contribution is 1.19. The van der Waals surface area contributed by atoms with Crippen molar-refractivity contribution in [2.45, 2.75) is 33.1 Å². The van der Waals surface area contributed by atoms with Crippen LogP contribution in [0, 0.1) is 0 Å². The van der Waals surface area contributed by atoms with Crippen LogP contribution in [-0.2, 0) is 12.3 Å². The topological polar surface area (TPSA) is 0 Å². The minimum Gasteiger partial charge on any atom is -0.140 e. The molecule has 0 radical (unpaired) electrons. The summed E-state index contributed by atoms with van der Waals surface area (Å²) in [6.45, 7) is 6.19. The Labute approximate surface area is 101 Å². The number of thiophene rings is 1. The van der Waals surface area contributed by atoms with Crippen LogP contribution >= 0.6 is 22.9 Å². The first-order valence-electron chi connectivity index (χ1n) is 5.41. The fourth-order valence-electron chi connectivity index (χ4n) is 1.46. The molecule has 0 N–H and O–H groups in total. The third-order valence-electron chi connectivity index (χ3n) is 2.17. The molecule has 82 valence electrons. The molecular formula is C13H17ClS. The maximum atomic E-state index is 5.87. The zero-order valence-corrected chi connectivity index (χ0v) is 11.1. The molecular weight excluding hydrogens is 224 g/mol. The van der Waals surface area contributed by atoms with E-state index in [1.807, 2.05) is 25.2 Å². The predicted octanol–water partition coefficient (Wildman–Crippen LogP) is 5.23. The summed E-state index contributed by atoms with van der Waals surface area (Å²) in [4.78, 5) is 1.44. The number of fused-ring (bicyclic) bond motifs is 1. The molecule has 0 spiro atoms. The number of aryl methyl sites for hydroxylation is 1. The highest BCUT2D eigenvalue weighted by atomic mass is 35.5. The molecule has 15 heavy (non-hydrogen) atoms. The Morgan fingerprint density at radius 2 is 2.00 bits per heavy atom. The van der Waals surface area contributed by atoms with E-state index in [2.05, 4.69) is 31.2 Å². The maximum absolute atomic E-state index is 5.87. The lowest BCUT2D eigenvalue weighted by atomic mass is 10.2. The lowest BCUT2D eigenvalue weighted by Crippen LogP contribution is -1.74. The first-order valence-corrected chi connectivity index (χ1v) is 6.76. The fourth-order valence-corrected chi connectivity index (χ4v) is 2.87. The second-order valence-corrected chi connectivity index (χ2v) is 4.44. The van der Waals surface area contributed by atoms with E-state index in [1.165, 1.54) is 20.5 Å². The third-order valence-corrected chi connectivity index (χ3v) is 3.83. The third kappa shape index (κ3) is 2.73. The summed E-state index contributed by atoms with van der Waals surface area (Å²) in [5.41, 5.74) is 1.25. The van der Waals surface area contributed by atoms with Gasteiger partial charge in [0.15, 0.2) is 0 Å². The number of alkyl halides is 1. The van der Waals surface area contributed by atoms with E-state index in [0.717, 1.165) is 6.42 Å². The summed E-state index contributed by atoms with van der Waals surface area (Å²) < 4.78 is 1.36. The highest BCUT2D eigenvalue weighted by Crippen LogP contribution is 2.29. The van der Waals surface area contributed by atoms with Gasteiger partial charge >= 0.3 is 0 Å². The van der Waals surface area contributed by atoms with Gasteiger partial charge in [0.1, 0.15) is 0 Å². The number of hydrogen-bond acceptors (Lipinski definition) is 1. The van der Waals surface area contributed by atoms with Gasteiger partial charge in [-0.2, -0.15) is 0 Å². The van der Waals surface area contributed by atoms with Gasteiger partial charge in [-0.25, -0.2) is 0 Å². The molecule has 0 amide bonds. The van der Waals surface area contributed by atoms with Crippen LogP contribution < -0.4 is 0 Å². The monoisotopic (exact) mass is 240 g/mol. The minimum atomic E-state index is 0.612. The van der Waals surface area contributed by atoms with Crippen LogP contribution in [0.2, 0.25) is 0 Å². The van der Waals surface area contributed by atoms with Crippen molar-refractivity contribution >= 4 is 33.0 Å². The zero-order valence-electron chi connectivity index (χ0n) is 9.51. The van der Waals surface area contributed by atoms with E-state index >= 15 is 0 Å². The number of halogens is 1. The maximum Gasteiger partial charge on any atom is 0.0488 e. The van der Waals surface area contributed by atoms with Crippen LogP contribution in [0.4, 0.5) is 0 Å². The first-order chi connectivity index (χ1) is 7.35. The van der Waals surface area contributed by atoms with E-state index in [9.17, 15) is 0 Å². The van der Waals surface area contributed by atoms with Gasteiger partial charge in [-0.3, -0.25) is 0 Å². The highest BCUT2D eigenvalue weighted by molar-refractivity contribution is 7.19. The van der Waals surface area contributed by atoms with Gasteiger partial charge < -0.3 is 0 Å². The first kappa shape index (κ1) is 12.5. The van der Waals surface area contributed by atoms with Crippen LogP contribution in [0.5, 0.6) is 0 Å². The Kier molecular flexibility index (Phi) is 5.13. The van der Waals surface area contributed by atoms with Crippen molar-refractivity contribution in [1.82, 2.24) is 0 Å². The van der Waals surface area contributed by atoms with Crippen molar-refractivity contribution in [3.63, 3.8) is 0 Å². The molecule has 0 bridgehead atoms. The highest BCUT2D eigenvalue weighted by Gasteiger charge is 2.03. The molecule has 0 atom stereocenters. The molecule has 2 aromatic rings. The van der Waals surface area contributed by atoms with Crippen molar-refractivity contribution in [1.29, 1.82) is 0 Å². The van der Waals surface area contributed by atoms with E-state index in [4.69, 9.17) is 11.6 Å². The van der Waals surface area contributed by atoms with E-state index in [1.54, 1.807) is 0 Å². The summed E-state index contributed by atoms with van der Waals surface area (Å²) in [6.07, 6.45) is 1.11. The van der Waals surface area contributed by atoms with Crippen molar-refractivity contribution < 1.29 is 0 Å². The van der Waals surface area contributed by atoms with Gasteiger partial charge in [-0.15, -0.1) is 22.9 Å². The summed E-state index contributed by atoms with van der Waals surface area (Å²) in [5, 5.41) is 1.33. The minimum absolute atomic E-state index is 0.612. The van der Waals surface area contributed by atoms with Gasteiger partial charge in [0.2, 0.25) is 0 Å². The normalized spacial score (nSPS) is 9.87. The average molecular weight is 241 g/mol. The number of hydrogen-bond donors (Lipinski definition) is 0. The summed E-state index contributed by atoms with van der Waals surface area (Å²) >= 11 is 7.73. The Morgan fingerprint density at radius 1 is 1.27 bits per heavy atom. The molecule has 1 heterocycles. The molecule has 0 saturated heterocycles. The van der Waals surface area contributed by atoms with Gasteiger partial charge in [0.25, 0.3) is 0 Å². The molecule has 0 fully saturated rings. The molecule has 0 aliphatic carbocycles. The second-order valence-electron chi connectivity index (χ2n) is 3.04. The van der Waals surface area contributed by atoms with Gasteiger partial charge in [-0.05, 0) is 23.4 Å². The van der Waals surface area contributed by atoms with Gasteiger partial charge in [0.05, 0.1) is 0 Å². The molecule has 0 aliphatic heterocycles. The SMILES string of the molecule is CC.CCc1cc2cccc(CCl)c2s1. The van der Waals surface area contributed by atoms with E-state index < -0.39 is 0 Å². The van der Waals surface area contributed by atoms with E-state index in [-0.39, 0.29) is 0 Å². The molecule has 0 saturated carbocycles. The van der Waals surface area contributed by atoms with Gasteiger partial charge in [0, 0.05) is 15.5 Å². The molecule has 1 aromatic heterocycles. The van der Waals surface area contributed by atoms with Crippen molar-refractivity contribution in [2.75, 3.05) is 0 Å². The molecule has 2 rings (SSSR count).